The zero-order valence-corrected chi connectivity index (χ0v) is 12.4. The highest BCUT2D eigenvalue weighted by Gasteiger charge is 2.48. The Morgan fingerprint density at radius 1 is 1.00 bits per heavy atom. The molecule has 5 fully saturated rings. The van der Waals surface area contributed by atoms with Crippen LogP contribution < -0.4 is 5.32 Å². The molecule has 5 heterocycles. The molecule has 5 aliphatic rings. The van der Waals surface area contributed by atoms with Gasteiger partial charge in [-0.3, -0.25) is 4.90 Å². The average Bonchev–Trinajstić information content (AvgIpc) is 2.72. The fourth-order valence-corrected chi connectivity index (χ4v) is 5.48. The van der Waals surface area contributed by atoms with E-state index in [2.05, 4.69) is 22.0 Å². The Hall–Kier alpha value is -0.120. The van der Waals surface area contributed by atoms with Gasteiger partial charge in [0.2, 0.25) is 0 Å². The highest BCUT2D eigenvalue weighted by molar-refractivity contribution is 5.04. The Bertz CT molecular complexity index is 310. The first-order chi connectivity index (χ1) is 9.35. The van der Waals surface area contributed by atoms with Gasteiger partial charge in [0, 0.05) is 30.7 Å². The summed E-state index contributed by atoms with van der Waals surface area (Å²) in [6.45, 7) is 7.53. The van der Waals surface area contributed by atoms with E-state index < -0.39 is 0 Å². The first-order valence-electron chi connectivity index (χ1n) is 8.58. The van der Waals surface area contributed by atoms with Gasteiger partial charge in [-0.2, -0.15) is 0 Å². The third-order valence-corrected chi connectivity index (χ3v) is 6.29. The van der Waals surface area contributed by atoms with Crippen LogP contribution >= 0.6 is 0 Å². The number of hydrogen-bond acceptors (Lipinski definition) is 3. The van der Waals surface area contributed by atoms with Gasteiger partial charge in [-0.1, -0.05) is 6.92 Å². The molecule has 3 atom stereocenters. The van der Waals surface area contributed by atoms with Crippen molar-refractivity contribution in [2.45, 2.75) is 69.6 Å². The summed E-state index contributed by atoms with van der Waals surface area (Å²) in [6.07, 6.45) is 8.70. The summed E-state index contributed by atoms with van der Waals surface area (Å²) in [4.78, 5) is 5.71. The van der Waals surface area contributed by atoms with Gasteiger partial charge in [0.1, 0.15) is 0 Å². The predicted octanol–water partition coefficient (Wildman–Crippen LogP) is 1.69. The van der Waals surface area contributed by atoms with E-state index in [0.29, 0.717) is 0 Å². The monoisotopic (exact) mass is 263 g/mol. The molecule has 1 N–H and O–H groups in total. The van der Waals surface area contributed by atoms with Crippen LogP contribution in [0.2, 0.25) is 0 Å². The van der Waals surface area contributed by atoms with Gasteiger partial charge in [0.25, 0.3) is 0 Å². The molecule has 0 spiro atoms. The number of nitrogens with zero attached hydrogens (tertiary/aromatic N) is 2. The van der Waals surface area contributed by atoms with Gasteiger partial charge in [-0.25, -0.2) is 0 Å². The zero-order valence-electron chi connectivity index (χ0n) is 12.4. The quantitative estimate of drug-likeness (QED) is 0.836. The minimum absolute atomic E-state index is 0.805. The van der Waals surface area contributed by atoms with Crippen LogP contribution in [0.15, 0.2) is 0 Å². The predicted molar refractivity (Wildman–Crippen MR) is 78.3 cm³/mol. The maximum absolute atomic E-state index is 3.71. The Morgan fingerprint density at radius 2 is 1.68 bits per heavy atom. The summed E-state index contributed by atoms with van der Waals surface area (Å²) < 4.78 is 0. The molecule has 0 aromatic rings. The van der Waals surface area contributed by atoms with E-state index in [4.69, 9.17) is 0 Å². The molecule has 3 unspecified atom stereocenters. The molecule has 0 aromatic heterocycles. The highest BCUT2D eigenvalue weighted by atomic mass is 15.3. The Labute approximate surface area is 117 Å². The molecule has 108 valence electrons. The summed E-state index contributed by atoms with van der Waals surface area (Å²) in [6, 6.07) is 3.50. The molecule has 3 heteroatoms. The second-order valence-corrected chi connectivity index (χ2v) is 7.26. The molecule has 0 radical (unpaired) electrons. The van der Waals surface area contributed by atoms with Crippen molar-refractivity contribution < 1.29 is 0 Å². The smallest absolute Gasteiger partial charge is 0.0258 e. The fraction of sp³-hybridized carbons (Fsp3) is 1.00. The molecule has 3 nitrogen and oxygen atoms in total. The topological polar surface area (TPSA) is 18.5 Å². The summed E-state index contributed by atoms with van der Waals surface area (Å²) in [5.41, 5.74) is 0. The summed E-state index contributed by atoms with van der Waals surface area (Å²) >= 11 is 0. The Morgan fingerprint density at radius 3 is 2.21 bits per heavy atom. The molecule has 0 aromatic carbocycles. The molecular weight excluding hydrogens is 234 g/mol. The molecule has 0 amide bonds. The van der Waals surface area contributed by atoms with Gasteiger partial charge < -0.3 is 10.2 Å². The van der Waals surface area contributed by atoms with Crippen molar-refractivity contribution in [2.24, 2.45) is 5.92 Å². The van der Waals surface area contributed by atoms with Crippen molar-refractivity contribution in [3.63, 3.8) is 0 Å². The minimum Gasteiger partial charge on any atom is -0.314 e. The lowest BCUT2D eigenvalue weighted by molar-refractivity contribution is -0.0356. The molecule has 19 heavy (non-hydrogen) atoms. The maximum atomic E-state index is 3.71. The number of hydrogen-bond donors (Lipinski definition) is 1. The molecule has 0 aliphatic carbocycles. The third kappa shape index (κ3) is 2.14. The van der Waals surface area contributed by atoms with Crippen LogP contribution in [-0.4, -0.2) is 60.1 Å². The first kappa shape index (κ1) is 12.6. The van der Waals surface area contributed by atoms with Crippen LogP contribution in [0.4, 0.5) is 0 Å². The van der Waals surface area contributed by atoms with Crippen LogP contribution in [0, 0.1) is 5.92 Å². The molecular formula is C16H29N3. The van der Waals surface area contributed by atoms with E-state index in [1.54, 1.807) is 0 Å². The van der Waals surface area contributed by atoms with Crippen molar-refractivity contribution in [3.05, 3.63) is 0 Å². The first-order valence-corrected chi connectivity index (χ1v) is 8.58. The van der Waals surface area contributed by atoms with Crippen molar-refractivity contribution in [2.75, 3.05) is 26.2 Å². The van der Waals surface area contributed by atoms with Gasteiger partial charge >= 0.3 is 0 Å². The van der Waals surface area contributed by atoms with Crippen LogP contribution in [0.5, 0.6) is 0 Å². The second-order valence-electron chi connectivity index (χ2n) is 7.26. The van der Waals surface area contributed by atoms with Crippen LogP contribution in [0.1, 0.15) is 45.4 Å². The Balaban J connectivity index is 1.48. The molecule has 5 rings (SSSR count). The molecule has 0 saturated carbocycles. The second kappa shape index (κ2) is 5.01. The number of piperidine rings is 4. The lowest BCUT2D eigenvalue weighted by atomic mass is 9.81. The fourth-order valence-electron chi connectivity index (χ4n) is 5.48. The van der Waals surface area contributed by atoms with Crippen molar-refractivity contribution in [1.29, 1.82) is 0 Å². The molecule has 4 bridgehead atoms. The SMILES string of the molecule is CCNC1CC2CCC(C1)N2C1CN2CCC1CC2. The number of rotatable bonds is 3. The summed E-state index contributed by atoms with van der Waals surface area (Å²) in [7, 11) is 0. The highest BCUT2D eigenvalue weighted by Crippen LogP contribution is 2.42. The van der Waals surface area contributed by atoms with Crippen molar-refractivity contribution in [1.82, 2.24) is 15.1 Å². The van der Waals surface area contributed by atoms with Gasteiger partial charge in [-0.15, -0.1) is 0 Å². The lowest BCUT2D eigenvalue weighted by Crippen LogP contribution is -2.62. The zero-order chi connectivity index (χ0) is 12.8. The molecule has 5 aliphatic heterocycles. The van der Waals surface area contributed by atoms with Crippen molar-refractivity contribution >= 4 is 0 Å². The van der Waals surface area contributed by atoms with Crippen LogP contribution in [0.3, 0.4) is 0 Å². The van der Waals surface area contributed by atoms with E-state index in [9.17, 15) is 0 Å². The number of fused-ring (bicyclic) bond motifs is 6. The Kier molecular flexibility index (Phi) is 3.33. The van der Waals surface area contributed by atoms with Crippen LogP contribution in [-0.2, 0) is 0 Å². The molecule has 5 saturated heterocycles. The van der Waals surface area contributed by atoms with E-state index >= 15 is 0 Å². The van der Waals surface area contributed by atoms with Gasteiger partial charge in [0.05, 0.1) is 0 Å². The summed E-state index contributed by atoms with van der Waals surface area (Å²) in [5.74, 6) is 1.02. The normalized spacial score (nSPS) is 49.7. The largest absolute Gasteiger partial charge is 0.314 e. The lowest BCUT2D eigenvalue weighted by Gasteiger charge is -2.53. The van der Waals surface area contributed by atoms with E-state index in [1.807, 2.05) is 0 Å². The maximum Gasteiger partial charge on any atom is 0.0258 e. The third-order valence-electron chi connectivity index (χ3n) is 6.29. The van der Waals surface area contributed by atoms with E-state index in [1.165, 1.54) is 58.2 Å². The average molecular weight is 263 g/mol. The van der Waals surface area contributed by atoms with Crippen LogP contribution in [0.25, 0.3) is 0 Å². The van der Waals surface area contributed by atoms with E-state index in [-0.39, 0.29) is 0 Å². The van der Waals surface area contributed by atoms with Gasteiger partial charge in [-0.05, 0) is 64.1 Å². The summed E-state index contributed by atoms with van der Waals surface area (Å²) in [5, 5.41) is 3.71. The van der Waals surface area contributed by atoms with Gasteiger partial charge in [0.15, 0.2) is 0 Å². The number of nitrogens with one attached hydrogen (secondary N) is 1. The minimum atomic E-state index is 0.805. The standard InChI is InChI=1S/C16H29N3/c1-2-17-13-9-14-3-4-15(10-13)19(14)16-11-18-7-5-12(16)6-8-18/h12-17H,2-11H2,1H3. The van der Waals surface area contributed by atoms with E-state index in [0.717, 1.165) is 36.6 Å². The van der Waals surface area contributed by atoms with Crippen molar-refractivity contribution in [3.8, 4) is 0 Å².